The van der Waals surface area contributed by atoms with Gasteiger partial charge < -0.3 is 0 Å². The van der Waals surface area contributed by atoms with Gasteiger partial charge in [0.1, 0.15) is 0 Å². The second-order valence-corrected chi connectivity index (χ2v) is 9.08. The van der Waals surface area contributed by atoms with Crippen LogP contribution in [0.1, 0.15) is 27.7 Å². The number of halogens is 3. The van der Waals surface area contributed by atoms with Gasteiger partial charge in [0.25, 0.3) is 0 Å². The van der Waals surface area contributed by atoms with Crippen molar-refractivity contribution in [2.45, 2.75) is 27.7 Å². The van der Waals surface area contributed by atoms with Crippen LogP contribution in [0.3, 0.4) is 0 Å². The largest absolute Gasteiger partial charge is 0.0683 e. The molecule has 0 fully saturated rings. The molecule has 0 saturated heterocycles. The molecule has 0 saturated carbocycles. The molecule has 0 N–H and O–H groups in total. The average Bonchev–Trinajstić information content (AvgIpc) is 2.81. The summed E-state index contributed by atoms with van der Waals surface area (Å²) in [6, 6.07) is 32.1. The van der Waals surface area contributed by atoms with Crippen LogP contribution in [-0.2, 0) is 0 Å². The Balaban J connectivity index is 0.000000807. The molecule has 0 aromatic heterocycles. The van der Waals surface area contributed by atoms with Crippen LogP contribution in [0, 0.1) is 0 Å². The van der Waals surface area contributed by atoms with Crippen molar-refractivity contribution in [3.63, 3.8) is 0 Å². The van der Waals surface area contributed by atoms with Crippen LogP contribution in [0.5, 0.6) is 0 Å². The maximum atomic E-state index is 3.59. The van der Waals surface area contributed by atoms with E-state index in [2.05, 4.69) is 139 Å². The van der Waals surface area contributed by atoms with Crippen LogP contribution in [0.4, 0.5) is 0 Å². The molecular formula is C28H27Br3. The van der Waals surface area contributed by atoms with Crippen molar-refractivity contribution < 1.29 is 0 Å². The summed E-state index contributed by atoms with van der Waals surface area (Å²) >= 11 is 10.8. The smallest absolute Gasteiger partial charge is 0.0181 e. The fraction of sp³-hybridized carbons (Fsp3) is 0.143. The minimum Gasteiger partial charge on any atom is -0.0683 e. The normalized spacial score (nSPS) is 9.77. The molecule has 0 aliphatic rings. The molecule has 0 bridgehead atoms. The third kappa shape index (κ3) is 7.17. The molecule has 0 amide bonds. The number of hydrogen-bond acceptors (Lipinski definition) is 0. The van der Waals surface area contributed by atoms with Crippen LogP contribution >= 0.6 is 47.8 Å². The van der Waals surface area contributed by atoms with Crippen LogP contribution in [0.2, 0.25) is 0 Å². The molecule has 0 spiro atoms. The molecule has 0 atom stereocenters. The zero-order valence-corrected chi connectivity index (χ0v) is 23.1. The SMILES string of the molecule is Brc1cccc(-c2cc(-c3cccc(Br)c3)cc(-c3cccc(Br)c3)c2)c1.CC.CC. The predicted molar refractivity (Wildman–Crippen MR) is 149 cm³/mol. The van der Waals surface area contributed by atoms with Crippen molar-refractivity contribution >= 4 is 47.8 Å². The Morgan fingerprint density at radius 1 is 0.355 bits per heavy atom. The van der Waals surface area contributed by atoms with Gasteiger partial charge in [-0.05, 0) is 88.0 Å². The lowest BCUT2D eigenvalue weighted by Crippen LogP contribution is -1.86. The van der Waals surface area contributed by atoms with E-state index in [4.69, 9.17) is 0 Å². The zero-order valence-electron chi connectivity index (χ0n) is 18.3. The second-order valence-electron chi connectivity index (χ2n) is 6.33. The van der Waals surface area contributed by atoms with Gasteiger partial charge in [-0.25, -0.2) is 0 Å². The molecule has 0 aliphatic heterocycles. The number of benzene rings is 4. The highest BCUT2D eigenvalue weighted by Gasteiger charge is 2.08. The summed E-state index contributed by atoms with van der Waals surface area (Å²) in [5.41, 5.74) is 7.17. The van der Waals surface area contributed by atoms with E-state index in [-0.39, 0.29) is 0 Å². The Hall–Kier alpha value is -1.68. The fourth-order valence-electron chi connectivity index (χ4n) is 3.13. The molecule has 0 heterocycles. The van der Waals surface area contributed by atoms with Crippen LogP contribution in [-0.4, -0.2) is 0 Å². The van der Waals surface area contributed by atoms with E-state index in [1.54, 1.807) is 0 Å². The van der Waals surface area contributed by atoms with E-state index in [1.165, 1.54) is 33.4 Å². The van der Waals surface area contributed by atoms with E-state index < -0.39 is 0 Å². The number of rotatable bonds is 3. The van der Waals surface area contributed by atoms with Crippen LogP contribution in [0.25, 0.3) is 33.4 Å². The Bertz CT molecular complexity index is 963. The highest BCUT2D eigenvalue weighted by molar-refractivity contribution is 9.11. The summed E-state index contributed by atoms with van der Waals surface area (Å²) < 4.78 is 3.24. The van der Waals surface area contributed by atoms with Gasteiger partial charge in [0, 0.05) is 13.4 Å². The number of hydrogen-bond donors (Lipinski definition) is 0. The molecule has 0 radical (unpaired) electrons. The highest BCUT2D eigenvalue weighted by atomic mass is 79.9. The van der Waals surface area contributed by atoms with Crippen molar-refractivity contribution in [2.24, 2.45) is 0 Å². The van der Waals surface area contributed by atoms with Crippen molar-refractivity contribution in [3.05, 3.63) is 104 Å². The van der Waals surface area contributed by atoms with Gasteiger partial charge in [-0.15, -0.1) is 0 Å². The quantitative estimate of drug-likeness (QED) is 0.219. The molecule has 0 aliphatic carbocycles. The van der Waals surface area contributed by atoms with E-state index in [1.807, 2.05) is 27.7 Å². The van der Waals surface area contributed by atoms with Gasteiger partial charge >= 0.3 is 0 Å². The van der Waals surface area contributed by atoms with Crippen LogP contribution < -0.4 is 0 Å². The van der Waals surface area contributed by atoms with E-state index in [9.17, 15) is 0 Å². The monoisotopic (exact) mass is 600 g/mol. The lowest BCUT2D eigenvalue weighted by Gasteiger charge is -2.12. The summed E-state index contributed by atoms with van der Waals surface area (Å²) in [5.74, 6) is 0. The topological polar surface area (TPSA) is 0 Å². The Morgan fingerprint density at radius 2 is 0.613 bits per heavy atom. The molecular weight excluding hydrogens is 576 g/mol. The lowest BCUT2D eigenvalue weighted by molar-refractivity contribution is 1.50. The zero-order chi connectivity index (χ0) is 22.8. The van der Waals surface area contributed by atoms with Crippen LogP contribution in [0.15, 0.2) is 104 Å². The minimum absolute atomic E-state index is 1.08. The van der Waals surface area contributed by atoms with Gasteiger partial charge in [-0.2, -0.15) is 0 Å². The van der Waals surface area contributed by atoms with Crippen molar-refractivity contribution in [1.82, 2.24) is 0 Å². The summed E-state index contributed by atoms with van der Waals surface area (Å²) in [6.45, 7) is 8.00. The molecule has 0 unspecified atom stereocenters. The van der Waals surface area contributed by atoms with Crippen molar-refractivity contribution in [1.29, 1.82) is 0 Å². The Labute approximate surface area is 212 Å². The molecule has 4 rings (SSSR count). The summed E-state index contributed by atoms with van der Waals surface area (Å²) in [4.78, 5) is 0. The van der Waals surface area contributed by atoms with E-state index in [0.717, 1.165) is 13.4 Å². The molecule has 4 aromatic rings. The molecule has 4 aromatic carbocycles. The molecule has 3 heteroatoms. The first kappa shape index (κ1) is 25.6. The first-order valence-electron chi connectivity index (χ1n) is 10.5. The third-order valence-corrected chi connectivity index (χ3v) is 5.89. The summed E-state index contributed by atoms with van der Waals surface area (Å²) in [5, 5.41) is 0. The fourth-order valence-corrected chi connectivity index (χ4v) is 4.33. The Kier molecular flexibility index (Phi) is 10.7. The average molecular weight is 603 g/mol. The van der Waals surface area contributed by atoms with Gasteiger partial charge in [0.2, 0.25) is 0 Å². The predicted octanol–water partition coefficient (Wildman–Crippen LogP) is 11.0. The van der Waals surface area contributed by atoms with Gasteiger partial charge in [-0.3, -0.25) is 0 Å². The first-order chi connectivity index (χ1) is 15.1. The third-order valence-electron chi connectivity index (χ3n) is 4.41. The van der Waals surface area contributed by atoms with E-state index in [0.29, 0.717) is 0 Å². The van der Waals surface area contributed by atoms with E-state index >= 15 is 0 Å². The first-order valence-corrected chi connectivity index (χ1v) is 12.9. The van der Waals surface area contributed by atoms with Gasteiger partial charge in [-0.1, -0.05) is 112 Å². The van der Waals surface area contributed by atoms with Crippen molar-refractivity contribution in [3.8, 4) is 33.4 Å². The standard InChI is InChI=1S/C24H15Br3.2C2H6/c25-22-7-1-4-16(13-22)19-10-20(17-5-2-8-23(26)14-17)12-21(11-19)18-6-3-9-24(27)15-18;2*1-2/h1-15H;2*1-2H3. The summed E-state index contributed by atoms with van der Waals surface area (Å²) in [7, 11) is 0. The molecule has 31 heavy (non-hydrogen) atoms. The Morgan fingerprint density at radius 3 is 0.839 bits per heavy atom. The van der Waals surface area contributed by atoms with Crippen molar-refractivity contribution in [2.75, 3.05) is 0 Å². The maximum absolute atomic E-state index is 3.59. The van der Waals surface area contributed by atoms with Gasteiger partial charge in [0.15, 0.2) is 0 Å². The second kappa shape index (κ2) is 13.0. The molecule has 0 nitrogen and oxygen atoms in total. The highest BCUT2D eigenvalue weighted by Crippen LogP contribution is 2.35. The maximum Gasteiger partial charge on any atom is 0.0181 e. The lowest BCUT2D eigenvalue weighted by atomic mass is 9.93. The minimum atomic E-state index is 1.08. The summed E-state index contributed by atoms with van der Waals surface area (Å²) in [6.07, 6.45) is 0. The van der Waals surface area contributed by atoms with Gasteiger partial charge in [0.05, 0.1) is 0 Å². The molecule has 160 valence electrons.